The molecular weight excluding hydrogens is 328 g/mol. The fourth-order valence-electron chi connectivity index (χ4n) is 1.65. The number of hydrogen-bond acceptors (Lipinski definition) is 6. The fourth-order valence-corrected chi connectivity index (χ4v) is 2.84. The number of ether oxygens (including phenoxy) is 2. The van der Waals surface area contributed by atoms with Crippen molar-refractivity contribution in [3.63, 3.8) is 0 Å². The van der Waals surface area contributed by atoms with Crippen LogP contribution in [0.4, 0.5) is 0 Å². The molecule has 7 nitrogen and oxygen atoms in total. The van der Waals surface area contributed by atoms with Crippen molar-refractivity contribution in [2.75, 3.05) is 38.8 Å². The van der Waals surface area contributed by atoms with E-state index in [0.717, 1.165) is 0 Å². The first-order valence-electron chi connectivity index (χ1n) is 6.52. The molecule has 0 aliphatic rings. The van der Waals surface area contributed by atoms with Gasteiger partial charge in [-0.15, -0.1) is 0 Å². The van der Waals surface area contributed by atoms with Gasteiger partial charge in [-0.3, -0.25) is 4.79 Å². The molecule has 124 valence electrons. The highest BCUT2D eigenvalue weighted by Crippen LogP contribution is 2.24. The van der Waals surface area contributed by atoms with E-state index < -0.39 is 15.9 Å². The Hall–Kier alpha value is -1.45. The zero-order valence-corrected chi connectivity index (χ0v) is 14.2. The van der Waals surface area contributed by atoms with E-state index in [4.69, 9.17) is 9.47 Å². The summed E-state index contributed by atoms with van der Waals surface area (Å²) in [5.41, 5.74) is 0.309. The minimum atomic E-state index is -3.41. The lowest BCUT2D eigenvalue weighted by Gasteiger charge is -2.11. The topological polar surface area (TPSA) is 93.7 Å². The highest BCUT2D eigenvalue weighted by Gasteiger charge is 2.15. The van der Waals surface area contributed by atoms with Crippen LogP contribution in [0.2, 0.25) is 0 Å². The lowest BCUT2D eigenvalue weighted by Crippen LogP contribution is -2.35. The second kappa shape index (κ2) is 8.86. The molecule has 1 aromatic carbocycles. The first kappa shape index (κ1) is 18.6. The Morgan fingerprint density at radius 3 is 2.55 bits per heavy atom. The number of rotatable bonds is 9. The minimum absolute atomic E-state index is 0.00405. The number of nitrogens with one attached hydrogen (secondary N) is 2. The van der Waals surface area contributed by atoms with Gasteiger partial charge in [-0.05, 0) is 12.1 Å². The van der Waals surface area contributed by atoms with Crippen molar-refractivity contribution in [2.45, 2.75) is 0 Å². The summed E-state index contributed by atoms with van der Waals surface area (Å²) in [7, 11) is -0.460. The number of amides is 1. The second-order valence-electron chi connectivity index (χ2n) is 4.26. The normalized spacial score (nSPS) is 11.0. The Labute approximate surface area is 135 Å². The molecule has 0 heterocycles. The summed E-state index contributed by atoms with van der Waals surface area (Å²) in [6, 6.07) is 4.77. The molecule has 0 saturated heterocycles. The predicted molar refractivity (Wildman–Crippen MR) is 87.5 cm³/mol. The fraction of sp³-hybridized carbons (Fsp3) is 0.462. The third kappa shape index (κ3) is 5.74. The largest absolute Gasteiger partial charge is 0.497 e. The lowest BCUT2D eigenvalue weighted by molar-refractivity contribution is 0.0953. The predicted octanol–water partition coefficient (Wildman–Crippen LogP) is 0.283. The molecule has 1 amide bonds. The SMILES string of the molecule is COc1ccc(C(=O)NCCS(=O)(=O)NCCS)c(OC)c1. The van der Waals surface area contributed by atoms with Gasteiger partial charge in [-0.25, -0.2) is 13.1 Å². The number of methoxy groups -OCH3 is 2. The van der Waals surface area contributed by atoms with Crippen molar-refractivity contribution in [1.82, 2.24) is 10.0 Å². The van der Waals surface area contributed by atoms with Gasteiger partial charge in [-0.2, -0.15) is 12.6 Å². The molecule has 1 rings (SSSR count). The van der Waals surface area contributed by atoms with E-state index in [1.807, 2.05) is 0 Å². The van der Waals surface area contributed by atoms with Crippen LogP contribution in [0.25, 0.3) is 0 Å². The second-order valence-corrected chi connectivity index (χ2v) is 6.63. The molecular formula is C13H20N2O5S2. The highest BCUT2D eigenvalue weighted by atomic mass is 32.2. The first-order chi connectivity index (χ1) is 10.4. The van der Waals surface area contributed by atoms with Crippen molar-refractivity contribution >= 4 is 28.6 Å². The van der Waals surface area contributed by atoms with Crippen molar-refractivity contribution in [3.8, 4) is 11.5 Å². The van der Waals surface area contributed by atoms with Crippen LogP contribution in [0.5, 0.6) is 11.5 Å². The maximum Gasteiger partial charge on any atom is 0.255 e. The first-order valence-corrected chi connectivity index (χ1v) is 8.80. The molecule has 0 saturated carbocycles. The van der Waals surface area contributed by atoms with Crippen molar-refractivity contribution in [3.05, 3.63) is 23.8 Å². The molecule has 0 fully saturated rings. The van der Waals surface area contributed by atoms with Gasteiger partial charge in [-0.1, -0.05) is 0 Å². The summed E-state index contributed by atoms with van der Waals surface area (Å²) >= 11 is 3.92. The van der Waals surface area contributed by atoms with Crippen LogP contribution < -0.4 is 19.5 Å². The smallest absolute Gasteiger partial charge is 0.255 e. The third-order valence-electron chi connectivity index (χ3n) is 2.74. The number of carbonyl (C=O) groups is 1. The van der Waals surface area contributed by atoms with Crippen LogP contribution >= 0.6 is 12.6 Å². The van der Waals surface area contributed by atoms with Crippen LogP contribution in [-0.2, 0) is 10.0 Å². The molecule has 22 heavy (non-hydrogen) atoms. The standard InChI is InChI=1S/C13H20N2O5S2/c1-19-10-3-4-11(12(9-10)20-2)13(16)14-6-8-22(17,18)15-5-7-21/h3-4,9,15,21H,5-8H2,1-2H3,(H,14,16). The Morgan fingerprint density at radius 1 is 1.23 bits per heavy atom. The molecule has 0 bridgehead atoms. The van der Waals surface area contributed by atoms with Crippen molar-refractivity contribution in [1.29, 1.82) is 0 Å². The maximum atomic E-state index is 12.1. The monoisotopic (exact) mass is 348 g/mol. The molecule has 0 atom stereocenters. The van der Waals surface area contributed by atoms with Gasteiger partial charge in [0, 0.05) is 24.9 Å². The van der Waals surface area contributed by atoms with E-state index in [0.29, 0.717) is 22.8 Å². The number of carbonyl (C=O) groups excluding carboxylic acids is 1. The Balaban J connectivity index is 2.63. The molecule has 0 spiro atoms. The zero-order chi connectivity index (χ0) is 16.6. The van der Waals surface area contributed by atoms with E-state index in [2.05, 4.69) is 22.7 Å². The molecule has 0 aliphatic heterocycles. The minimum Gasteiger partial charge on any atom is -0.497 e. The number of benzene rings is 1. The molecule has 0 aromatic heterocycles. The van der Waals surface area contributed by atoms with Gasteiger partial charge >= 0.3 is 0 Å². The molecule has 9 heteroatoms. The summed E-state index contributed by atoms with van der Waals surface area (Å²) in [6.07, 6.45) is 0. The summed E-state index contributed by atoms with van der Waals surface area (Å²) in [4.78, 5) is 12.1. The van der Waals surface area contributed by atoms with Gasteiger partial charge in [0.05, 0.1) is 25.5 Å². The van der Waals surface area contributed by atoms with Gasteiger partial charge in [0.25, 0.3) is 5.91 Å². The zero-order valence-electron chi connectivity index (χ0n) is 12.5. The molecule has 0 aliphatic carbocycles. The van der Waals surface area contributed by atoms with E-state index in [-0.39, 0.29) is 18.8 Å². The average Bonchev–Trinajstić information content (AvgIpc) is 2.51. The van der Waals surface area contributed by atoms with E-state index in [1.165, 1.54) is 14.2 Å². The van der Waals surface area contributed by atoms with E-state index in [1.54, 1.807) is 18.2 Å². The van der Waals surface area contributed by atoms with E-state index >= 15 is 0 Å². The van der Waals surface area contributed by atoms with Crippen LogP contribution in [-0.4, -0.2) is 53.1 Å². The van der Waals surface area contributed by atoms with Crippen molar-refractivity contribution in [2.24, 2.45) is 0 Å². The average molecular weight is 348 g/mol. The Bertz CT molecular complexity index is 604. The summed E-state index contributed by atoms with van der Waals surface area (Å²) in [6.45, 7) is 0.252. The van der Waals surface area contributed by atoms with Crippen LogP contribution in [0.1, 0.15) is 10.4 Å². The van der Waals surface area contributed by atoms with Crippen LogP contribution in [0.3, 0.4) is 0 Å². The quantitative estimate of drug-likeness (QED) is 0.558. The van der Waals surface area contributed by atoms with Crippen LogP contribution in [0, 0.1) is 0 Å². The molecule has 1 aromatic rings. The Kier molecular flexibility index (Phi) is 7.49. The van der Waals surface area contributed by atoms with Gasteiger partial charge in [0.1, 0.15) is 11.5 Å². The third-order valence-corrected chi connectivity index (χ3v) is 4.35. The number of sulfonamides is 1. The van der Waals surface area contributed by atoms with Gasteiger partial charge in [0.2, 0.25) is 10.0 Å². The molecule has 0 radical (unpaired) electrons. The number of hydrogen-bond donors (Lipinski definition) is 3. The number of thiol groups is 1. The molecule has 2 N–H and O–H groups in total. The van der Waals surface area contributed by atoms with E-state index in [9.17, 15) is 13.2 Å². The summed E-state index contributed by atoms with van der Waals surface area (Å²) in [5.74, 6) is 0.711. The lowest BCUT2D eigenvalue weighted by atomic mass is 10.2. The maximum absolute atomic E-state index is 12.1. The van der Waals surface area contributed by atoms with Crippen molar-refractivity contribution < 1.29 is 22.7 Å². The van der Waals surface area contributed by atoms with Gasteiger partial charge < -0.3 is 14.8 Å². The summed E-state index contributed by atoms with van der Waals surface area (Å²) < 4.78 is 35.7. The van der Waals surface area contributed by atoms with Crippen LogP contribution in [0.15, 0.2) is 18.2 Å². The Morgan fingerprint density at radius 2 is 1.95 bits per heavy atom. The van der Waals surface area contributed by atoms with Gasteiger partial charge in [0.15, 0.2) is 0 Å². The molecule has 0 unspecified atom stereocenters. The highest BCUT2D eigenvalue weighted by molar-refractivity contribution is 7.89. The summed E-state index contributed by atoms with van der Waals surface area (Å²) in [5, 5.41) is 2.55.